The van der Waals surface area contributed by atoms with Crippen LogP contribution in [0.15, 0.2) is 0 Å². The van der Waals surface area contributed by atoms with E-state index < -0.39 is 5.60 Å². The second kappa shape index (κ2) is 4.24. The van der Waals surface area contributed by atoms with Gasteiger partial charge in [-0.3, -0.25) is 0 Å². The normalized spacial score (nSPS) is 26.1. The zero-order valence-electron chi connectivity index (χ0n) is 10.3. The lowest BCUT2D eigenvalue weighted by Crippen LogP contribution is -2.42. The molecule has 2 rings (SSSR count). The molecular formula is C12H21NO3. The third kappa shape index (κ3) is 4.00. The van der Waals surface area contributed by atoms with Crippen LogP contribution in [-0.2, 0) is 9.47 Å². The Morgan fingerprint density at radius 1 is 1.50 bits per heavy atom. The van der Waals surface area contributed by atoms with Crippen LogP contribution in [0, 0.1) is 5.92 Å². The molecule has 1 unspecified atom stereocenters. The van der Waals surface area contributed by atoms with Gasteiger partial charge in [0.1, 0.15) is 11.7 Å². The molecule has 0 aromatic heterocycles. The lowest BCUT2D eigenvalue weighted by molar-refractivity contribution is 0.0490. The van der Waals surface area contributed by atoms with Gasteiger partial charge in [0, 0.05) is 0 Å². The maximum absolute atomic E-state index is 11.6. The van der Waals surface area contributed by atoms with Gasteiger partial charge in [-0.15, -0.1) is 0 Å². The molecule has 2 atom stereocenters. The van der Waals surface area contributed by atoms with E-state index in [0.29, 0.717) is 0 Å². The minimum atomic E-state index is -0.432. The highest BCUT2D eigenvalue weighted by Gasteiger charge is 2.38. The third-order valence-corrected chi connectivity index (χ3v) is 2.79. The van der Waals surface area contributed by atoms with E-state index in [9.17, 15) is 4.79 Å². The summed E-state index contributed by atoms with van der Waals surface area (Å²) < 4.78 is 10.5. The van der Waals surface area contributed by atoms with E-state index in [1.54, 1.807) is 0 Å². The molecule has 0 radical (unpaired) electrons. The molecule has 92 valence electrons. The number of amides is 1. The molecule has 0 aromatic rings. The Kier molecular flexibility index (Phi) is 3.10. The topological polar surface area (TPSA) is 50.9 Å². The summed E-state index contributed by atoms with van der Waals surface area (Å²) in [5, 5.41) is 2.92. The van der Waals surface area contributed by atoms with Gasteiger partial charge in [-0.2, -0.15) is 0 Å². The van der Waals surface area contributed by atoms with E-state index in [4.69, 9.17) is 9.47 Å². The number of carbonyl (C=O) groups is 1. The summed E-state index contributed by atoms with van der Waals surface area (Å²) in [6, 6.07) is 0.141. The summed E-state index contributed by atoms with van der Waals surface area (Å²) in [7, 11) is 0. The van der Waals surface area contributed by atoms with Crippen LogP contribution in [0.4, 0.5) is 4.79 Å². The molecule has 1 amide bonds. The van der Waals surface area contributed by atoms with Gasteiger partial charge < -0.3 is 14.8 Å². The van der Waals surface area contributed by atoms with Gasteiger partial charge in [0.15, 0.2) is 0 Å². The molecule has 16 heavy (non-hydrogen) atoms. The van der Waals surface area contributed by atoms with E-state index in [1.807, 2.05) is 20.8 Å². The Morgan fingerprint density at radius 2 is 2.12 bits per heavy atom. The van der Waals surface area contributed by atoms with E-state index in [1.165, 1.54) is 12.8 Å². The fourth-order valence-electron chi connectivity index (χ4n) is 1.76. The van der Waals surface area contributed by atoms with Crippen molar-refractivity contribution in [2.45, 2.75) is 57.8 Å². The van der Waals surface area contributed by atoms with Crippen molar-refractivity contribution < 1.29 is 14.3 Å². The van der Waals surface area contributed by atoms with Gasteiger partial charge in [0.25, 0.3) is 0 Å². The number of nitrogens with one attached hydrogen (secondary N) is 1. The first-order chi connectivity index (χ1) is 7.44. The molecule has 0 spiro atoms. The predicted octanol–water partition coefficient (Wildman–Crippen LogP) is 2.08. The molecular weight excluding hydrogens is 206 g/mol. The van der Waals surface area contributed by atoms with Crippen LogP contribution in [0.5, 0.6) is 0 Å². The number of ether oxygens (including phenoxy) is 2. The molecule has 0 aromatic carbocycles. The zero-order valence-corrected chi connectivity index (χ0v) is 10.3. The molecule has 1 aliphatic carbocycles. The Balaban J connectivity index is 1.77. The van der Waals surface area contributed by atoms with Gasteiger partial charge in [0.05, 0.1) is 12.6 Å². The van der Waals surface area contributed by atoms with Crippen LogP contribution < -0.4 is 5.32 Å². The molecule has 4 heteroatoms. The van der Waals surface area contributed by atoms with Crippen molar-refractivity contribution >= 4 is 6.09 Å². The lowest BCUT2D eigenvalue weighted by Gasteiger charge is -2.22. The number of hydrogen-bond acceptors (Lipinski definition) is 3. The Hall–Kier alpha value is -0.770. The highest BCUT2D eigenvalue weighted by molar-refractivity contribution is 5.68. The highest BCUT2D eigenvalue weighted by Crippen LogP contribution is 2.35. The van der Waals surface area contributed by atoms with Crippen LogP contribution in [0.2, 0.25) is 0 Å². The molecule has 2 fully saturated rings. The molecule has 0 bridgehead atoms. The number of carbonyl (C=O) groups excluding carboxylic acids is 1. The number of hydrogen-bond donors (Lipinski definition) is 1. The van der Waals surface area contributed by atoms with E-state index in [2.05, 4.69) is 5.32 Å². The number of rotatable bonds is 4. The average molecular weight is 227 g/mol. The van der Waals surface area contributed by atoms with Crippen LogP contribution >= 0.6 is 0 Å². The molecule has 1 saturated carbocycles. The van der Waals surface area contributed by atoms with Gasteiger partial charge in [-0.05, 0) is 33.1 Å². The smallest absolute Gasteiger partial charge is 0.407 e. The van der Waals surface area contributed by atoms with Gasteiger partial charge in [-0.1, -0.05) is 12.8 Å². The Bertz CT molecular complexity index is 264. The van der Waals surface area contributed by atoms with Crippen molar-refractivity contribution in [2.24, 2.45) is 5.92 Å². The van der Waals surface area contributed by atoms with Crippen LogP contribution in [-0.4, -0.2) is 30.4 Å². The molecule has 1 aliphatic heterocycles. The summed E-state index contributed by atoms with van der Waals surface area (Å²) >= 11 is 0. The summed E-state index contributed by atoms with van der Waals surface area (Å²) in [6.07, 6.45) is 3.50. The first-order valence-corrected chi connectivity index (χ1v) is 6.05. The second-order valence-electron chi connectivity index (χ2n) is 5.80. The monoisotopic (exact) mass is 227 g/mol. The zero-order chi connectivity index (χ0) is 11.8. The van der Waals surface area contributed by atoms with Gasteiger partial charge in [0.2, 0.25) is 0 Å². The molecule has 4 nitrogen and oxygen atoms in total. The largest absolute Gasteiger partial charge is 0.444 e. The first-order valence-electron chi connectivity index (χ1n) is 6.05. The van der Waals surface area contributed by atoms with Crippen LogP contribution in [0.3, 0.4) is 0 Å². The quantitative estimate of drug-likeness (QED) is 0.748. The van der Waals surface area contributed by atoms with Crippen molar-refractivity contribution in [3.63, 3.8) is 0 Å². The van der Waals surface area contributed by atoms with Crippen molar-refractivity contribution in [1.29, 1.82) is 0 Å². The van der Waals surface area contributed by atoms with Crippen LogP contribution in [0.1, 0.15) is 40.0 Å². The summed E-state index contributed by atoms with van der Waals surface area (Å²) in [6.45, 7) is 6.38. The maximum Gasteiger partial charge on any atom is 0.407 e. The van der Waals surface area contributed by atoms with E-state index >= 15 is 0 Å². The first kappa shape index (κ1) is 11.7. The van der Waals surface area contributed by atoms with Gasteiger partial charge in [-0.25, -0.2) is 4.79 Å². The lowest BCUT2D eigenvalue weighted by atomic mass is 10.1. The van der Waals surface area contributed by atoms with Crippen molar-refractivity contribution in [3.05, 3.63) is 0 Å². The fourth-order valence-corrected chi connectivity index (χ4v) is 1.76. The fraction of sp³-hybridized carbons (Fsp3) is 0.917. The van der Waals surface area contributed by atoms with Crippen LogP contribution in [0.25, 0.3) is 0 Å². The molecule has 1 N–H and O–H groups in total. The Morgan fingerprint density at radius 3 is 2.56 bits per heavy atom. The summed E-state index contributed by atoms with van der Waals surface area (Å²) in [4.78, 5) is 11.6. The highest BCUT2D eigenvalue weighted by atomic mass is 16.6. The average Bonchev–Trinajstić information content (AvgIpc) is 2.96. The van der Waals surface area contributed by atoms with E-state index in [0.717, 1.165) is 18.9 Å². The molecule has 2 aliphatic rings. The number of epoxide rings is 1. The predicted molar refractivity (Wildman–Crippen MR) is 60.2 cm³/mol. The Labute approximate surface area is 96.7 Å². The van der Waals surface area contributed by atoms with Crippen molar-refractivity contribution in [3.8, 4) is 0 Å². The third-order valence-electron chi connectivity index (χ3n) is 2.79. The second-order valence-corrected chi connectivity index (χ2v) is 5.80. The van der Waals surface area contributed by atoms with Crippen molar-refractivity contribution in [1.82, 2.24) is 5.32 Å². The minimum Gasteiger partial charge on any atom is -0.444 e. The van der Waals surface area contributed by atoms with Crippen molar-refractivity contribution in [2.75, 3.05) is 6.61 Å². The maximum atomic E-state index is 11.6. The standard InChI is InChI=1S/C12H21NO3/c1-12(2,3)16-11(14)13-9(10-7-15-10)6-8-4-5-8/h8-10H,4-7H2,1-3H3,(H,13,14)/t9?,10-/m1/s1. The van der Waals surface area contributed by atoms with E-state index in [-0.39, 0.29) is 18.2 Å². The summed E-state index contributed by atoms with van der Waals surface area (Å²) in [5.41, 5.74) is -0.432. The summed E-state index contributed by atoms with van der Waals surface area (Å²) in [5.74, 6) is 0.782. The molecule has 1 heterocycles. The molecule has 1 saturated heterocycles. The SMILES string of the molecule is CC(C)(C)OC(=O)NC(CC1CC1)[C@H]1CO1. The minimum absolute atomic E-state index is 0.141. The number of alkyl carbamates (subject to hydrolysis) is 1. The van der Waals surface area contributed by atoms with Gasteiger partial charge >= 0.3 is 6.09 Å².